The topological polar surface area (TPSA) is 49.6 Å². The van der Waals surface area contributed by atoms with E-state index in [-0.39, 0.29) is 18.4 Å². The number of hydrogen-bond donors (Lipinski definition) is 0. The Morgan fingerprint density at radius 3 is 2.71 bits per heavy atom. The van der Waals surface area contributed by atoms with Crippen molar-refractivity contribution in [2.24, 2.45) is 5.92 Å². The van der Waals surface area contributed by atoms with E-state index in [9.17, 15) is 9.18 Å². The van der Waals surface area contributed by atoms with Crippen LogP contribution in [0.3, 0.4) is 0 Å². The molecule has 28 heavy (non-hydrogen) atoms. The number of benzene rings is 2. The van der Waals surface area contributed by atoms with Crippen molar-refractivity contribution in [1.82, 2.24) is 9.88 Å². The lowest BCUT2D eigenvalue weighted by molar-refractivity contribution is -0.135. The van der Waals surface area contributed by atoms with Crippen molar-refractivity contribution in [3.05, 3.63) is 58.9 Å². The van der Waals surface area contributed by atoms with Crippen LogP contribution in [-0.2, 0) is 11.3 Å². The molecule has 1 saturated heterocycles. The lowest BCUT2D eigenvalue weighted by atomic mass is 9.95. The first kappa shape index (κ1) is 18.7. The fraction of sp³-hybridized carbons (Fsp3) is 0.333. The van der Waals surface area contributed by atoms with E-state index in [1.165, 1.54) is 6.07 Å². The van der Waals surface area contributed by atoms with Gasteiger partial charge in [-0.25, -0.2) is 4.39 Å². The monoisotopic (exact) mass is 401 g/mol. The zero-order valence-corrected chi connectivity index (χ0v) is 16.3. The summed E-state index contributed by atoms with van der Waals surface area (Å²) in [6.07, 6.45) is 1.40. The van der Waals surface area contributed by atoms with Crippen LogP contribution in [0.5, 0.6) is 0 Å². The Morgan fingerprint density at radius 1 is 1.25 bits per heavy atom. The van der Waals surface area contributed by atoms with Crippen molar-refractivity contribution >= 4 is 34.6 Å². The van der Waals surface area contributed by atoms with E-state index < -0.39 is 5.82 Å². The highest BCUT2D eigenvalue weighted by Gasteiger charge is 2.29. The summed E-state index contributed by atoms with van der Waals surface area (Å²) in [4.78, 5) is 21.0. The van der Waals surface area contributed by atoms with Crippen molar-refractivity contribution in [3.63, 3.8) is 0 Å². The molecule has 0 unspecified atom stereocenters. The third kappa shape index (κ3) is 3.69. The molecular formula is C21H21ClFN3O2. The van der Waals surface area contributed by atoms with Crippen LogP contribution in [-0.4, -0.2) is 35.9 Å². The van der Waals surface area contributed by atoms with Gasteiger partial charge in [0, 0.05) is 43.2 Å². The van der Waals surface area contributed by atoms with Gasteiger partial charge in [0.1, 0.15) is 11.3 Å². The molecule has 146 valence electrons. The summed E-state index contributed by atoms with van der Waals surface area (Å²) in [5.41, 5.74) is 1.94. The van der Waals surface area contributed by atoms with Gasteiger partial charge >= 0.3 is 0 Å². The summed E-state index contributed by atoms with van der Waals surface area (Å²) in [6, 6.07) is 12.8. The summed E-state index contributed by atoms with van der Waals surface area (Å²) in [5.74, 6) is -0.481. The number of fused-ring (bicyclic) bond motifs is 1. The number of carbonyl (C=O) groups is 1. The number of carbonyl (C=O) groups excluding carboxylic acids is 1. The fourth-order valence-electron chi connectivity index (χ4n) is 3.62. The van der Waals surface area contributed by atoms with E-state index >= 15 is 0 Å². The van der Waals surface area contributed by atoms with Crippen LogP contribution in [0.1, 0.15) is 18.4 Å². The highest BCUT2D eigenvalue weighted by atomic mass is 35.5. The smallest absolute Gasteiger partial charge is 0.298 e. The average Bonchev–Trinajstić information content (AvgIpc) is 3.14. The first-order valence-electron chi connectivity index (χ1n) is 9.31. The molecule has 2 aromatic carbocycles. The van der Waals surface area contributed by atoms with Crippen molar-refractivity contribution in [1.29, 1.82) is 0 Å². The molecule has 5 nitrogen and oxygen atoms in total. The predicted molar refractivity (Wildman–Crippen MR) is 107 cm³/mol. The Balaban J connectivity index is 1.38. The third-order valence-electron chi connectivity index (χ3n) is 5.23. The standard InChI is InChI=1S/C21H21ClFN3O2/c1-25(13-15-16(22)5-4-6-17(15)23)20(27)14-9-11-26(12-10-14)21-24-18-7-2-3-8-19(18)28-21/h2-8,14H,9-13H2,1H3. The number of para-hydroxylation sites is 2. The molecule has 0 spiro atoms. The van der Waals surface area contributed by atoms with Crippen molar-refractivity contribution in [2.45, 2.75) is 19.4 Å². The molecule has 1 aromatic heterocycles. The van der Waals surface area contributed by atoms with E-state index in [1.807, 2.05) is 24.3 Å². The minimum atomic E-state index is -0.391. The number of anilines is 1. The molecule has 1 aliphatic heterocycles. The molecule has 7 heteroatoms. The molecule has 0 saturated carbocycles. The molecule has 4 rings (SSSR count). The van der Waals surface area contributed by atoms with E-state index in [0.29, 0.717) is 42.5 Å². The second-order valence-corrected chi connectivity index (χ2v) is 7.53. The van der Waals surface area contributed by atoms with Crippen LogP contribution in [0.15, 0.2) is 46.9 Å². The first-order chi connectivity index (χ1) is 13.5. The zero-order valence-electron chi connectivity index (χ0n) is 15.6. The van der Waals surface area contributed by atoms with E-state index in [2.05, 4.69) is 9.88 Å². The first-order valence-corrected chi connectivity index (χ1v) is 9.69. The van der Waals surface area contributed by atoms with Gasteiger partial charge in [-0.1, -0.05) is 29.8 Å². The highest BCUT2D eigenvalue weighted by Crippen LogP contribution is 2.28. The largest absolute Gasteiger partial charge is 0.423 e. The lowest BCUT2D eigenvalue weighted by Gasteiger charge is -2.32. The number of amides is 1. The number of nitrogens with zero attached hydrogens (tertiary/aromatic N) is 3. The van der Waals surface area contributed by atoms with Crippen LogP contribution >= 0.6 is 11.6 Å². The number of hydrogen-bond acceptors (Lipinski definition) is 4. The van der Waals surface area contributed by atoms with Gasteiger partial charge in [-0.15, -0.1) is 0 Å². The third-order valence-corrected chi connectivity index (χ3v) is 5.58. The number of aromatic nitrogens is 1. The maximum absolute atomic E-state index is 14.0. The summed E-state index contributed by atoms with van der Waals surface area (Å²) in [7, 11) is 1.69. The highest BCUT2D eigenvalue weighted by molar-refractivity contribution is 6.31. The molecule has 1 fully saturated rings. The van der Waals surface area contributed by atoms with Crippen molar-refractivity contribution < 1.29 is 13.6 Å². The van der Waals surface area contributed by atoms with Crippen LogP contribution < -0.4 is 4.90 Å². The average molecular weight is 402 g/mol. The maximum atomic E-state index is 14.0. The molecule has 1 aliphatic rings. The molecular weight excluding hydrogens is 381 g/mol. The SMILES string of the molecule is CN(Cc1c(F)cccc1Cl)C(=O)C1CCN(c2nc3ccccc3o2)CC1. The van der Waals surface area contributed by atoms with Gasteiger partial charge in [0.25, 0.3) is 6.01 Å². The Morgan fingerprint density at radius 2 is 2.00 bits per heavy atom. The van der Waals surface area contributed by atoms with Crippen molar-refractivity contribution in [2.75, 3.05) is 25.0 Å². The second-order valence-electron chi connectivity index (χ2n) is 7.12. The van der Waals surface area contributed by atoms with Crippen LogP contribution in [0.2, 0.25) is 5.02 Å². The Bertz CT molecular complexity index is 945. The van der Waals surface area contributed by atoms with E-state index in [0.717, 1.165) is 11.1 Å². The minimum absolute atomic E-state index is 0.0107. The number of oxazole rings is 1. The predicted octanol–water partition coefficient (Wildman–Crippen LogP) is 4.50. The van der Waals surface area contributed by atoms with Gasteiger partial charge in [0.15, 0.2) is 5.58 Å². The lowest BCUT2D eigenvalue weighted by Crippen LogP contribution is -2.41. The van der Waals surface area contributed by atoms with E-state index in [1.54, 1.807) is 24.1 Å². The van der Waals surface area contributed by atoms with Gasteiger partial charge in [-0.05, 0) is 37.1 Å². The van der Waals surface area contributed by atoms with Crippen LogP contribution in [0.25, 0.3) is 11.1 Å². The molecule has 3 aromatic rings. The summed E-state index contributed by atoms with van der Waals surface area (Å²) in [6.45, 7) is 1.55. The molecule has 0 bridgehead atoms. The molecule has 1 amide bonds. The fourth-order valence-corrected chi connectivity index (χ4v) is 3.85. The van der Waals surface area contributed by atoms with Crippen LogP contribution in [0.4, 0.5) is 10.4 Å². The Labute approximate surface area is 167 Å². The molecule has 0 radical (unpaired) electrons. The Hall–Kier alpha value is -2.60. The van der Waals surface area contributed by atoms with Crippen LogP contribution in [0, 0.1) is 11.7 Å². The quantitative estimate of drug-likeness (QED) is 0.646. The summed E-state index contributed by atoms with van der Waals surface area (Å²) >= 11 is 6.08. The zero-order chi connectivity index (χ0) is 19.7. The molecule has 0 N–H and O–H groups in total. The van der Waals surface area contributed by atoms with Gasteiger partial charge in [0.2, 0.25) is 5.91 Å². The van der Waals surface area contributed by atoms with E-state index in [4.69, 9.17) is 16.0 Å². The second kappa shape index (κ2) is 7.80. The van der Waals surface area contributed by atoms with Gasteiger partial charge in [-0.2, -0.15) is 4.98 Å². The number of piperidine rings is 1. The van der Waals surface area contributed by atoms with Gasteiger partial charge in [-0.3, -0.25) is 4.79 Å². The maximum Gasteiger partial charge on any atom is 0.298 e. The minimum Gasteiger partial charge on any atom is -0.423 e. The van der Waals surface area contributed by atoms with Gasteiger partial charge in [0.05, 0.1) is 0 Å². The Kier molecular flexibility index (Phi) is 5.22. The normalized spacial score (nSPS) is 15.2. The number of rotatable bonds is 4. The number of halogens is 2. The molecule has 0 aliphatic carbocycles. The van der Waals surface area contributed by atoms with Gasteiger partial charge < -0.3 is 14.2 Å². The molecule has 2 heterocycles. The molecule has 0 atom stereocenters. The van der Waals surface area contributed by atoms with Crippen molar-refractivity contribution in [3.8, 4) is 0 Å². The summed E-state index contributed by atoms with van der Waals surface area (Å²) < 4.78 is 19.8. The summed E-state index contributed by atoms with van der Waals surface area (Å²) in [5, 5.41) is 0.338.